The van der Waals surface area contributed by atoms with Gasteiger partial charge in [0.05, 0.1) is 16.4 Å². The van der Waals surface area contributed by atoms with Gasteiger partial charge in [0.2, 0.25) is 0 Å². The normalized spacial score (nSPS) is 21.8. The Morgan fingerprint density at radius 1 is 1.50 bits per heavy atom. The zero-order valence-electron chi connectivity index (χ0n) is 12.4. The lowest BCUT2D eigenvalue weighted by atomic mass is 9.95. The van der Waals surface area contributed by atoms with Crippen LogP contribution in [-0.4, -0.2) is 29.4 Å². The SMILES string of the molecule is CC(C)S(=O)(=O)c1nn(C)cc1C1(N)N=C(N)NC=C1C#N. The summed E-state index contributed by atoms with van der Waals surface area (Å²) in [6, 6.07) is 1.91. The van der Waals surface area contributed by atoms with Gasteiger partial charge in [-0.15, -0.1) is 0 Å². The number of aliphatic imine (C=N–C) groups is 1. The van der Waals surface area contributed by atoms with Gasteiger partial charge in [-0.25, -0.2) is 13.4 Å². The number of guanidine groups is 1. The predicted octanol–water partition coefficient (Wildman–Crippen LogP) is -0.961. The molecule has 2 rings (SSSR count). The van der Waals surface area contributed by atoms with Gasteiger partial charge in [0.15, 0.2) is 26.5 Å². The summed E-state index contributed by atoms with van der Waals surface area (Å²) >= 11 is 0. The minimum absolute atomic E-state index is 0.0155. The molecular weight excluding hydrogens is 306 g/mol. The van der Waals surface area contributed by atoms with E-state index in [0.29, 0.717) is 0 Å². The van der Waals surface area contributed by atoms with E-state index in [1.165, 1.54) is 30.9 Å². The molecule has 0 aliphatic carbocycles. The molecule has 1 aromatic heterocycles. The second kappa shape index (κ2) is 5.11. The molecule has 0 saturated carbocycles. The van der Waals surface area contributed by atoms with E-state index >= 15 is 0 Å². The van der Waals surface area contributed by atoms with Crippen LogP contribution in [0.15, 0.2) is 28.0 Å². The summed E-state index contributed by atoms with van der Waals surface area (Å²) in [6.45, 7) is 3.08. The highest BCUT2D eigenvalue weighted by atomic mass is 32.2. The Morgan fingerprint density at radius 2 is 2.14 bits per heavy atom. The lowest BCUT2D eigenvalue weighted by Gasteiger charge is -2.28. The monoisotopic (exact) mass is 323 g/mol. The van der Waals surface area contributed by atoms with Crippen LogP contribution >= 0.6 is 0 Å². The number of hydrogen-bond acceptors (Lipinski definition) is 8. The topological polar surface area (TPSA) is 152 Å². The van der Waals surface area contributed by atoms with Crippen LogP contribution in [0.4, 0.5) is 0 Å². The molecule has 2 heterocycles. The maximum Gasteiger partial charge on any atom is 0.200 e. The van der Waals surface area contributed by atoms with Crippen molar-refractivity contribution in [2.45, 2.75) is 29.8 Å². The van der Waals surface area contributed by atoms with Gasteiger partial charge in [0, 0.05) is 19.4 Å². The third-order valence-corrected chi connectivity index (χ3v) is 5.37. The minimum Gasteiger partial charge on any atom is -0.370 e. The number of nitrogens with zero attached hydrogens (tertiary/aromatic N) is 4. The van der Waals surface area contributed by atoms with E-state index in [1.807, 2.05) is 6.07 Å². The lowest BCUT2D eigenvalue weighted by Crippen LogP contribution is -2.46. The van der Waals surface area contributed by atoms with Crippen LogP contribution in [0.2, 0.25) is 0 Å². The van der Waals surface area contributed by atoms with E-state index in [-0.39, 0.29) is 22.1 Å². The highest BCUT2D eigenvalue weighted by Gasteiger charge is 2.42. The molecule has 0 bridgehead atoms. The Morgan fingerprint density at radius 3 is 2.68 bits per heavy atom. The van der Waals surface area contributed by atoms with Gasteiger partial charge < -0.3 is 11.1 Å². The smallest absolute Gasteiger partial charge is 0.200 e. The van der Waals surface area contributed by atoms with Gasteiger partial charge >= 0.3 is 0 Å². The number of nitrogens with two attached hydrogens (primary N) is 2. The Bertz CT molecular complexity index is 813. The van der Waals surface area contributed by atoms with Gasteiger partial charge in [-0.3, -0.25) is 10.4 Å². The molecular formula is C12H17N7O2S. The molecule has 1 unspecified atom stereocenters. The molecule has 5 N–H and O–H groups in total. The first-order chi connectivity index (χ1) is 10.1. The average Bonchev–Trinajstić information content (AvgIpc) is 2.82. The number of aryl methyl sites for hydroxylation is 1. The highest BCUT2D eigenvalue weighted by molar-refractivity contribution is 7.92. The van der Waals surface area contributed by atoms with Gasteiger partial charge in [-0.1, -0.05) is 0 Å². The third-order valence-electron chi connectivity index (χ3n) is 3.29. The van der Waals surface area contributed by atoms with Crippen LogP contribution in [0, 0.1) is 11.3 Å². The second-order valence-electron chi connectivity index (χ2n) is 5.19. The van der Waals surface area contributed by atoms with Gasteiger partial charge in [0.25, 0.3) is 0 Å². The number of hydrogen-bond donors (Lipinski definition) is 3. The zero-order chi connectivity index (χ0) is 16.7. The first-order valence-corrected chi connectivity index (χ1v) is 7.97. The molecule has 0 spiro atoms. The summed E-state index contributed by atoms with van der Waals surface area (Å²) in [6.07, 6.45) is 2.74. The number of rotatable bonds is 3. The number of nitrogens with one attached hydrogen (secondary N) is 1. The molecule has 0 radical (unpaired) electrons. The largest absolute Gasteiger partial charge is 0.370 e. The van der Waals surface area contributed by atoms with Crippen molar-refractivity contribution in [1.29, 1.82) is 5.26 Å². The van der Waals surface area contributed by atoms with Crippen LogP contribution in [0.1, 0.15) is 19.4 Å². The van der Waals surface area contributed by atoms with Crippen molar-refractivity contribution in [1.82, 2.24) is 15.1 Å². The first kappa shape index (κ1) is 16.0. The number of nitriles is 1. The zero-order valence-corrected chi connectivity index (χ0v) is 13.2. The van der Waals surface area contributed by atoms with Crippen molar-refractivity contribution in [3.63, 3.8) is 0 Å². The molecule has 1 atom stereocenters. The number of sulfone groups is 1. The van der Waals surface area contributed by atoms with Crippen LogP contribution in [0.5, 0.6) is 0 Å². The van der Waals surface area contributed by atoms with Crippen molar-refractivity contribution < 1.29 is 8.42 Å². The molecule has 1 aliphatic rings. The molecule has 0 amide bonds. The summed E-state index contributed by atoms with van der Waals surface area (Å²) in [4.78, 5) is 4.04. The van der Waals surface area contributed by atoms with E-state index in [0.717, 1.165) is 0 Å². The fraction of sp³-hybridized carbons (Fsp3) is 0.417. The molecule has 0 aromatic carbocycles. The van der Waals surface area contributed by atoms with Crippen LogP contribution in [-0.2, 0) is 22.5 Å². The van der Waals surface area contributed by atoms with Crippen molar-refractivity contribution in [2.24, 2.45) is 23.5 Å². The Kier molecular flexibility index (Phi) is 3.72. The molecule has 9 nitrogen and oxygen atoms in total. The average molecular weight is 323 g/mol. The summed E-state index contributed by atoms with van der Waals surface area (Å²) in [5.41, 5.74) is 10.3. The molecule has 1 aliphatic heterocycles. The van der Waals surface area contributed by atoms with Crippen molar-refractivity contribution in [3.05, 3.63) is 23.5 Å². The van der Waals surface area contributed by atoms with Crippen LogP contribution in [0.25, 0.3) is 0 Å². The van der Waals surface area contributed by atoms with Crippen molar-refractivity contribution >= 4 is 15.8 Å². The lowest BCUT2D eigenvalue weighted by molar-refractivity contribution is 0.534. The molecule has 118 valence electrons. The van der Waals surface area contributed by atoms with Crippen molar-refractivity contribution in [2.75, 3.05) is 0 Å². The summed E-state index contributed by atoms with van der Waals surface area (Å²) in [5, 5.41) is 14.9. The van der Waals surface area contributed by atoms with Gasteiger partial charge in [-0.05, 0) is 13.8 Å². The van der Waals surface area contributed by atoms with Crippen LogP contribution in [0.3, 0.4) is 0 Å². The first-order valence-electron chi connectivity index (χ1n) is 6.42. The molecule has 10 heteroatoms. The fourth-order valence-corrected chi connectivity index (χ4v) is 3.23. The summed E-state index contributed by atoms with van der Waals surface area (Å²) < 4.78 is 26.3. The third kappa shape index (κ3) is 2.34. The molecule has 1 aromatic rings. The summed E-state index contributed by atoms with van der Waals surface area (Å²) in [5.74, 6) is -0.0155. The van der Waals surface area contributed by atoms with E-state index in [1.54, 1.807) is 7.05 Å². The van der Waals surface area contributed by atoms with Crippen molar-refractivity contribution in [3.8, 4) is 6.07 Å². The van der Waals surface area contributed by atoms with Crippen LogP contribution < -0.4 is 16.8 Å². The number of aromatic nitrogens is 2. The molecule has 22 heavy (non-hydrogen) atoms. The maximum absolute atomic E-state index is 12.5. The fourth-order valence-electron chi connectivity index (χ4n) is 2.02. The maximum atomic E-state index is 12.5. The summed E-state index contributed by atoms with van der Waals surface area (Å²) in [7, 11) is -2.14. The minimum atomic E-state index is -3.70. The second-order valence-corrected chi connectivity index (χ2v) is 7.61. The van der Waals surface area contributed by atoms with E-state index in [9.17, 15) is 13.7 Å². The van der Waals surface area contributed by atoms with E-state index in [2.05, 4.69) is 15.4 Å². The van der Waals surface area contributed by atoms with Gasteiger partial charge in [-0.2, -0.15) is 10.4 Å². The molecule has 0 saturated heterocycles. The van der Waals surface area contributed by atoms with Gasteiger partial charge in [0.1, 0.15) is 6.07 Å². The quantitative estimate of drug-likeness (QED) is 0.647. The Balaban J connectivity index is 2.76. The Labute approximate surface area is 128 Å². The Hall–Kier alpha value is -2.38. The molecule has 0 fully saturated rings. The van der Waals surface area contributed by atoms with E-state index in [4.69, 9.17) is 11.5 Å². The van der Waals surface area contributed by atoms with E-state index < -0.39 is 20.8 Å². The predicted molar refractivity (Wildman–Crippen MR) is 79.8 cm³/mol. The standard InChI is InChI=1S/C12H17N7O2S/c1-7(2)22(20,21)10-9(6-19(3)18-10)12(15)8(4-13)5-16-11(14)17-12/h5-7H,15H2,1-3H3,(H3,14,16,17). The highest BCUT2D eigenvalue weighted by Crippen LogP contribution is 2.34.